The molecule has 1 aliphatic heterocycles. The van der Waals surface area contributed by atoms with Crippen LogP contribution in [-0.4, -0.2) is 44.5 Å². The molecule has 0 saturated heterocycles. The van der Waals surface area contributed by atoms with Gasteiger partial charge in [-0.05, 0) is 43.8 Å². The molecule has 0 N–H and O–H groups in total. The standard InChI is InChI=1S/C23H26N4O2.ClH/c1-4-21(25(5-2)6-3)26-15-20-24-18-13-9-7-11-16(18)23(29)27(20)19-14-10-8-12-17(19)22(26)28;/h7-14,21H,4-6,15H2,1-3H3;1H. The van der Waals surface area contributed by atoms with Gasteiger partial charge < -0.3 is 4.90 Å². The third kappa shape index (κ3) is 3.50. The molecule has 1 aliphatic rings. The lowest BCUT2D eigenvalue weighted by molar-refractivity contribution is 0.0287. The Labute approximate surface area is 182 Å². The van der Waals surface area contributed by atoms with Gasteiger partial charge in [-0.15, -0.1) is 12.4 Å². The Hall–Kier alpha value is -2.70. The summed E-state index contributed by atoms with van der Waals surface area (Å²) in [5.41, 5.74) is 1.67. The van der Waals surface area contributed by atoms with Crippen LogP contribution in [0.1, 0.15) is 43.4 Å². The van der Waals surface area contributed by atoms with Gasteiger partial charge in [0.25, 0.3) is 11.5 Å². The first-order chi connectivity index (χ1) is 14.1. The van der Waals surface area contributed by atoms with Crippen molar-refractivity contribution in [1.29, 1.82) is 0 Å². The zero-order chi connectivity index (χ0) is 20.5. The number of nitrogens with zero attached hydrogens (tertiary/aromatic N) is 4. The molecule has 7 heteroatoms. The Morgan fingerprint density at radius 3 is 2.37 bits per heavy atom. The van der Waals surface area contributed by atoms with E-state index in [0.29, 0.717) is 34.5 Å². The second-order valence-corrected chi connectivity index (χ2v) is 7.25. The molecule has 0 radical (unpaired) electrons. The molecule has 158 valence electrons. The maximum absolute atomic E-state index is 13.6. The van der Waals surface area contributed by atoms with E-state index in [-0.39, 0.29) is 30.0 Å². The Kier molecular flexibility index (Phi) is 6.58. The number of carbonyl (C=O) groups excluding carboxylic acids is 1. The van der Waals surface area contributed by atoms with Crippen LogP contribution in [0.5, 0.6) is 0 Å². The Morgan fingerprint density at radius 2 is 1.67 bits per heavy atom. The predicted octanol–water partition coefficient (Wildman–Crippen LogP) is 3.84. The van der Waals surface area contributed by atoms with Gasteiger partial charge in [-0.3, -0.25) is 19.1 Å². The fourth-order valence-corrected chi connectivity index (χ4v) is 4.32. The van der Waals surface area contributed by atoms with Crippen LogP contribution in [0.4, 0.5) is 0 Å². The lowest BCUT2D eigenvalue weighted by Gasteiger charge is -2.37. The summed E-state index contributed by atoms with van der Waals surface area (Å²) in [6, 6.07) is 14.7. The molecule has 1 amide bonds. The summed E-state index contributed by atoms with van der Waals surface area (Å²) in [6.07, 6.45) is 0.744. The van der Waals surface area contributed by atoms with Gasteiger partial charge in [0.1, 0.15) is 5.82 Å². The van der Waals surface area contributed by atoms with Crippen molar-refractivity contribution in [2.24, 2.45) is 0 Å². The Bertz CT molecular complexity index is 1120. The van der Waals surface area contributed by atoms with Gasteiger partial charge in [0.15, 0.2) is 0 Å². The molecule has 4 rings (SSSR count). The number of hydrogen-bond donors (Lipinski definition) is 0. The van der Waals surface area contributed by atoms with Gasteiger partial charge in [0.2, 0.25) is 0 Å². The van der Waals surface area contributed by atoms with Crippen molar-refractivity contribution < 1.29 is 4.79 Å². The van der Waals surface area contributed by atoms with Crippen LogP contribution in [0.2, 0.25) is 0 Å². The Morgan fingerprint density at radius 1 is 1.00 bits per heavy atom. The number of fused-ring (bicyclic) bond motifs is 4. The van der Waals surface area contributed by atoms with Crippen LogP contribution < -0.4 is 5.56 Å². The molecule has 1 atom stereocenters. The third-order valence-corrected chi connectivity index (χ3v) is 5.75. The number of hydrogen-bond acceptors (Lipinski definition) is 4. The SMILES string of the molecule is CCC(N(CC)CC)N1Cc2nc3ccccc3c(=O)n2-c2ccccc2C1=O.Cl. The molecule has 0 spiro atoms. The number of para-hydroxylation sites is 2. The largest absolute Gasteiger partial charge is 0.315 e. The van der Waals surface area contributed by atoms with Crippen molar-refractivity contribution in [3.05, 3.63) is 70.3 Å². The molecule has 1 unspecified atom stereocenters. The molecule has 2 aromatic carbocycles. The average Bonchev–Trinajstić information content (AvgIpc) is 2.87. The fourth-order valence-electron chi connectivity index (χ4n) is 4.32. The van der Waals surface area contributed by atoms with Crippen molar-refractivity contribution in [2.45, 2.75) is 39.9 Å². The molecule has 0 saturated carbocycles. The van der Waals surface area contributed by atoms with E-state index in [4.69, 9.17) is 4.98 Å². The van der Waals surface area contributed by atoms with E-state index in [1.807, 2.05) is 41.3 Å². The number of aromatic nitrogens is 2. The number of benzene rings is 2. The second kappa shape index (κ2) is 8.98. The molecule has 2 heterocycles. The molecule has 1 aromatic heterocycles. The lowest BCUT2D eigenvalue weighted by atomic mass is 10.1. The lowest BCUT2D eigenvalue weighted by Crippen LogP contribution is -2.50. The predicted molar refractivity (Wildman–Crippen MR) is 121 cm³/mol. The molecule has 30 heavy (non-hydrogen) atoms. The summed E-state index contributed by atoms with van der Waals surface area (Å²) in [5, 5.41) is 0.558. The van der Waals surface area contributed by atoms with Crippen LogP contribution >= 0.6 is 12.4 Å². The molecule has 0 bridgehead atoms. The van der Waals surface area contributed by atoms with Gasteiger partial charge in [-0.25, -0.2) is 4.98 Å². The minimum Gasteiger partial charge on any atom is -0.315 e. The molecular formula is C23H27ClN4O2. The smallest absolute Gasteiger partial charge is 0.266 e. The average molecular weight is 427 g/mol. The fraction of sp³-hybridized carbons (Fsp3) is 0.348. The van der Waals surface area contributed by atoms with E-state index in [1.54, 1.807) is 16.7 Å². The minimum atomic E-state index is -0.136. The van der Waals surface area contributed by atoms with Crippen LogP contribution in [-0.2, 0) is 6.54 Å². The zero-order valence-electron chi connectivity index (χ0n) is 17.5. The van der Waals surface area contributed by atoms with Crippen molar-refractivity contribution in [2.75, 3.05) is 13.1 Å². The van der Waals surface area contributed by atoms with Gasteiger partial charge in [-0.2, -0.15) is 0 Å². The van der Waals surface area contributed by atoms with Crippen LogP contribution in [0, 0.1) is 0 Å². The van der Waals surface area contributed by atoms with Gasteiger partial charge in [0, 0.05) is 0 Å². The summed E-state index contributed by atoms with van der Waals surface area (Å²) in [7, 11) is 0. The molecule has 0 fully saturated rings. The molecule has 3 aromatic rings. The highest BCUT2D eigenvalue weighted by Gasteiger charge is 2.33. The number of amides is 1. The van der Waals surface area contributed by atoms with Crippen molar-refractivity contribution in [3.8, 4) is 5.69 Å². The molecular weight excluding hydrogens is 400 g/mol. The normalized spacial score (nSPS) is 14.1. The number of halogens is 1. The summed E-state index contributed by atoms with van der Waals surface area (Å²) < 4.78 is 1.62. The van der Waals surface area contributed by atoms with Crippen LogP contribution in [0.15, 0.2) is 53.3 Å². The van der Waals surface area contributed by atoms with E-state index < -0.39 is 0 Å². The summed E-state index contributed by atoms with van der Waals surface area (Å²) in [4.78, 5) is 35.9. The summed E-state index contributed by atoms with van der Waals surface area (Å²) in [5.74, 6) is 0.533. The first kappa shape index (κ1) is 22.0. The van der Waals surface area contributed by atoms with Gasteiger partial charge in [-0.1, -0.05) is 45.0 Å². The van der Waals surface area contributed by atoms with E-state index in [9.17, 15) is 9.59 Å². The highest BCUT2D eigenvalue weighted by Crippen LogP contribution is 2.26. The van der Waals surface area contributed by atoms with Crippen molar-refractivity contribution >= 4 is 29.2 Å². The van der Waals surface area contributed by atoms with Gasteiger partial charge in [0.05, 0.1) is 34.9 Å². The molecule has 6 nitrogen and oxygen atoms in total. The van der Waals surface area contributed by atoms with Gasteiger partial charge >= 0.3 is 0 Å². The monoisotopic (exact) mass is 426 g/mol. The quantitative estimate of drug-likeness (QED) is 0.622. The number of rotatable bonds is 5. The first-order valence-electron chi connectivity index (χ1n) is 10.3. The van der Waals surface area contributed by atoms with E-state index >= 15 is 0 Å². The van der Waals surface area contributed by atoms with Crippen molar-refractivity contribution in [1.82, 2.24) is 19.4 Å². The summed E-state index contributed by atoms with van der Waals surface area (Å²) in [6.45, 7) is 8.28. The summed E-state index contributed by atoms with van der Waals surface area (Å²) >= 11 is 0. The van der Waals surface area contributed by atoms with Crippen LogP contribution in [0.25, 0.3) is 16.6 Å². The topological polar surface area (TPSA) is 58.4 Å². The third-order valence-electron chi connectivity index (χ3n) is 5.75. The van der Waals surface area contributed by atoms with Crippen molar-refractivity contribution in [3.63, 3.8) is 0 Å². The zero-order valence-corrected chi connectivity index (χ0v) is 18.4. The maximum atomic E-state index is 13.6. The maximum Gasteiger partial charge on any atom is 0.266 e. The van der Waals surface area contributed by atoms with E-state index in [2.05, 4.69) is 25.7 Å². The van der Waals surface area contributed by atoms with E-state index in [0.717, 1.165) is 19.5 Å². The Balaban J connectivity index is 0.00000256. The second-order valence-electron chi connectivity index (χ2n) is 7.25. The van der Waals surface area contributed by atoms with E-state index in [1.165, 1.54) is 0 Å². The highest BCUT2D eigenvalue weighted by molar-refractivity contribution is 5.98. The van der Waals surface area contributed by atoms with Crippen LogP contribution in [0.3, 0.4) is 0 Å². The first-order valence-corrected chi connectivity index (χ1v) is 10.3. The minimum absolute atomic E-state index is 0. The highest BCUT2D eigenvalue weighted by atomic mass is 35.5. The number of carbonyl (C=O) groups is 1. The molecule has 0 aliphatic carbocycles.